The molecule has 1 aromatic heterocycles. The van der Waals surface area contributed by atoms with Gasteiger partial charge in [0.25, 0.3) is 5.91 Å². The fourth-order valence-electron chi connectivity index (χ4n) is 1.12. The zero-order chi connectivity index (χ0) is 9.26. The summed E-state index contributed by atoms with van der Waals surface area (Å²) in [6, 6.07) is 1.50. The number of carbonyl (C=O) groups excluding carboxylic acids is 1. The smallest absolute Gasteiger partial charge is 0.255 e. The molecule has 0 saturated heterocycles. The standard InChI is InChI=1S/C7H7ClN4O/c8-5-3-4-6(12-11-5)9-1-2-10-7(4)13/h3H,1-2H2,(H,9,12)(H,10,13). The molecule has 0 saturated carbocycles. The number of nitrogens with zero attached hydrogens (tertiary/aromatic N) is 2. The second kappa shape index (κ2) is 3.18. The minimum absolute atomic E-state index is 0.170. The van der Waals surface area contributed by atoms with E-state index in [-0.39, 0.29) is 11.1 Å². The monoisotopic (exact) mass is 198 g/mol. The maximum Gasteiger partial charge on any atom is 0.255 e. The molecule has 2 heterocycles. The van der Waals surface area contributed by atoms with E-state index in [4.69, 9.17) is 11.6 Å². The van der Waals surface area contributed by atoms with Crippen LogP contribution in [0, 0.1) is 0 Å². The van der Waals surface area contributed by atoms with E-state index >= 15 is 0 Å². The van der Waals surface area contributed by atoms with Gasteiger partial charge in [0, 0.05) is 13.1 Å². The van der Waals surface area contributed by atoms with Crippen LogP contribution >= 0.6 is 11.6 Å². The van der Waals surface area contributed by atoms with E-state index in [1.807, 2.05) is 0 Å². The summed E-state index contributed by atoms with van der Waals surface area (Å²) in [5, 5.41) is 13.3. The van der Waals surface area contributed by atoms with Crippen molar-refractivity contribution in [1.82, 2.24) is 15.5 Å². The molecule has 0 atom stereocenters. The van der Waals surface area contributed by atoms with Crippen molar-refractivity contribution in [1.29, 1.82) is 0 Å². The highest BCUT2D eigenvalue weighted by Gasteiger charge is 2.16. The SMILES string of the molecule is O=C1NCCNc2nnc(Cl)cc21. The van der Waals surface area contributed by atoms with Crippen molar-refractivity contribution in [2.45, 2.75) is 0 Å². The fraction of sp³-hybridized carbons (Fsp3) is 0.286. The first-order valence-electron chi connectivity index (χ1n) is 3.82. The second-order valence-electron chi connectivity index (χ2n) is 2.61. The van der Waals surface area contributed by atoms with Gasteiger partial charge in [-0.3, -0.25) is 4.79 Å². The Morgan fingerprint density at radius 1 is 1.31 bits per heavy atom. The van der Waals surface area contributed by atoms with E-state index in [1.165, 1.54) is 6.07 Å². The van der Waals surface area contributed by atoms with Crippen LogP contribution in [0.2, 0.25) is 5.15 Å². The van der Waals surface area contributed by atoms with Gasteiger partial charge >= 0.3 is 0 Å². The molecule has 1 amide bonds. The largest absolute Gasteiger partial charge is 0.366 e. The number of fused-ring (bicyclic) bond motifs is 1. The predicted molar refractivity (Wildman–Crippen MR) is 47.9 cm³/mol. The van der Waals surface area contributed by atoms with E-state index in [2.05, 4.69) is 20.8 Å². The highest BCUT2D eigenvalue weighted by atomic mass is 35.5. The van der Waals surface area contributed by atoms with Gasteiger partial charge in [0.15, 0.2) is 11.0 Å². The first-order valence-corrected chi connectivity index (χ1v) is 4.20. The third-order valence-corrected chi connectivity index (χ3v) is 1.90. The maximum absolute atomic E-state index is 11.4. The molecular formula is C7H7ClN4O. The number of aromatic nitrogens is 2. The number of carbonyl (C=O) groups is 1. The van der Waals surface area contributed by atoms with Crippen molar-refractivity contribution in [3.05, 3.63) is 16.8 Å². The summed E-state index contributed by atoms with van der Waals surface area (Å²) in [7, 11) is 0. The summed E-state index contributed by atoms with van der Waals surface area (Å²) >= 11 is 5.61. The van der Waals surface area contributed by atoms with E-state index < -0.39 is 0 Å². The summed E-state index contributed by atoms with van der Waals surface area (Å²) in [5.74, 6) is 0.316. The number of hydrogen-bond acceptors (Lipinski definition) is 4. The summed E-state index contributed by atoms with van der Waals surface area (Å²) < 4.78 is 0. The molecule has 0 unspecified atom stereocenters. The van der Waals surface area contributed by atoms with E-state index in [0.29, 0.717) is 24.5 Å². The van der Waals surface area contributed by atoms with Crippen molar-refractivity contribution >= 4 is 23.3 Å². The van der Waals surface area contributed by atoms with Crippen molar-refractivity contribution in [3.63, 3.8) is 0 Å². The molecule has 13 heavy (non-hydrogen) atoms. The van der Waals surface area contributed by atoms with Crippen LogP contribution in [0.4, 0.5) is 5.82 Å². The van der Waals surface area contributed by atoms with Crippen LogP contribution in [0.25, 0.3) is 0 Å². The zero-order valence-electron chi connectivity index (χ0n) is 6.67. The molecule has 1 aromatic rings. The van der Waals surface area contributed by atoms with Gasteiger partial charge in [-0.05, 0) is 6.07 Å². The van der Waals surface area contributed by atoms with Crippen molar-refractivity contribution in [2.24, 2.45) is 0 Å². The quantitative estimate of drug-likeness (QED) is 0.629. The molecule has 2 N–H and O–H groups in total. The number of nitrogens with one attached hydrogen (secondary N) is 2. The van der Waals surface area contributed by atoms with Crippen molar-refractivity contribution in [3.8, 4) is 0 Å². The molecule has 5 nitrogen and oxygen atoms in total. The Labute approximate surface area is 79.5 Å². The molecule has 1 aliphatic rings. The molecule has 0 aromatic carbocycles. The van der Waals surface area contributed by atoms with Gasteiger partial charge in [-0.15, -0.1) is 10.2 Å². The summed E-state index contributed by atoms with van der Waals surface area (Å²) in [6.45, 7) is 1.22. The van der Waals surface area contributed by atoms with Crippen LogP contribution in [0.3, 0.4) is 0 Å². The van der Waals surface area contributed by atoms with E-state index in [1.54, 1.807) is 0 Å². The third kappa shape index (κ3) is 1.55. The lowest BCUT2D eigenvalue weighted by atomic mass is 10.2. The molecule has 0 radical (unpaired) electrons. The highest BCUT2D eigenvalue weighted by Crippen LogP contribution is 2.15. The first-order chi connectivity index (χ1) is 6.27. The highest BCUT2D eigenvalue weighted by molar-refractivity contribution is 6.29. The molecule has 1 aliphatic heterocycles. The Morgan fingerprint density at radius 2 is 2.08 bits per heavy atom. The van der Waals surface area contributed by atoms with Gasteiger partial charge in [0.1, 0.15) is 0 Å². The van der Waals surface area contributed by atoms with Gasteiger partial charge in [-0.1, -0.05) is 11.6 Å². The Hall–Kier alpha value is -1.36. The molecular weight excluding hydrogens is 192 g/mol. The van der Waals surface area contributed by atoms with Gasteiger partial charge < -0.3 is 10.6 Å². The fourth-order valence-corrected chi connectivity index (χ4v) is 1.27. The van der Waals surface area contributed by atoms with Crippen LogP contribution in [0.5, 0.6) is 0 Å². The molecule has 0 bridgehead atoms. The van der Waals surface area contributed by atoms with Crippen LogP contribution in [-0.2, 0) is 0 Å². The lowest BCUT2D eigenvalue weighted by molar-refractivity contribution is 0.0957. The number of rotatable bonds is 0. The molecule has 6 heteroatoms. The third-order valence-electron chi connectivity index (χ3n) is 1.71. The van der Waals surface area contributed by atoms with Crippen LogP contribution in [-0.4, -0.2) is 29.2 Å². The maximum atomic E-state index is 11.4. The Kier molecular flexibility index (Phi) is 2.02. The average Bonchev–Trinajstić information content (AvgIpc) is 2.29. The van der Waals surface area contributed by atoms with Crippen molar-refractivity contribution < 1.29 is 4.79 Å². The molecule has 0 spiro atoms. The summed E-state index contributed by atoms with van der Waals surface area (Å²) in [6.07, 6.45) is 0. The molecule has 0 fully saturated rings. The zero-order valence-corrected chi connectivity index (χ0v) is 7.43. The minimum Gasteiger partial charge on any atom is -0.366 e. The van der Waals surface area contributed by atoms with Gasteiger partial charge in [-0.25, -0.2) is 0 Å². The lowest BCUT2D eigenvalue weighted by Crippen LogP contribution is -2.24. The Bertz CT molecular complexity index is 354. The van der Waals surface area contributed by atoms with Gasteiger partial charge in [0.05, 0.1) is 5.56 Å². The van der Waals surface area contributed by atoms with Crippen LogP contribution in [0.15, 0.2) is 6.07 Å². The lowest BCUT2D eigenvalue weighted by Gasteiger charge is -2.02. The Balaban J connectivity index is 2.49. The Morgan fingerprint density at radius 3 is 2.92 bits per heavy atom. The minimum atomic E-state index is -0.170. The van der Waals surface area contributed by atoms with Crippen LogP contribution in [0.1, 0.15) is 10.4 Å². The van der Waals surface area contributed by atoms with E-state index in [9.17, 15) is 4.79 Å². The number of halogens is 1. The average molecular weight is 199 g/mol. The second-order valence-corrected chi connectivity index (χ2v) is 3.00. The summed E-state index contributed by atoms with van der Waals surface area (Å²) in [4.78, 5) is 11.4. The normalized spacial score (nSPS) is 15.3. The van der Waals surface area contributed by atoms with Crippen molar-refractivity contribution in [2.75, 3.05) is 18.4 Å². The molecule has 2 rings (SSSR count). The first kappa shape index (κ1) is 8.25. The number of hydrogen-bond donors (Lipinski definition) is 2. The number of amides is 1. The topological polar surface area (TPSA) is 66.9 Å². The molecule has 68 valence electrons. The predicted octanol–water partition coefficient (Wildman–Crippen LogP) is 0.285. The summed E-state index contributed by atoms with van der Waals surface area (Å²) in [5.41, 5.74) is 0.442. The number of anilines is 1. The van der Waals surface area contributed by atoms with Crippen LogP contribution < -0.4 is 10.6 Å². The molecule has 0 aliphatic carbocycles. The van der Waals surface area contributed by atoms with Gasteiger partial charge in [0.2, 0.25) is 0 Å². The van der Waals surface area contributed by atoms with E-state index in [0.717, 1.165) is 0 Å². The van der Waals surface area contributed by atoms with Gasteiger partial charge in [-0.2, -0.15) is 0 Å².